The standard InChI is InChI=1S/C15H20O4/c1-8-4-5-11(16)9(2)7-13-14(12(17)6-8)10(3)15(18)19-13/h6,11-14,16-17H,2-5,7H2,1H3/b8-6-/t11-,12+,13-,14?/m0/s1. The molecule has 104 valence electrons. The van der Waals surface area contributed by atoms with Crippen LogP contribution in [0.25, 0.3) is 0 Å². The lowest BCUT2D eigenvalue weighted by atomic mass is 9.84. The molecule has 0 aromatic heterocycles. The second-order valence-electron chi connectivity index (χ2n) is 5.42. The van der Waals surface area contributed by atoms with E-state index in [2.05, 4.69) is 13.2 Å². The van der Waals surface area contributed by atoms with E-state index in [1.807, 2.05) is 6.92 Å². The normalized spacial score (nSPS) is 39.3. The van der Waals surface area contributed by atoms with E-state index in [1.165, 1.54) is 0 Å². The Kier molecular flexibility index (Phi) is 3.92. The predicted octanol–water partition coefficient (Wildman–Crippen LogP) is 1.49. The first-order valence-corrected chi connectivity index (χ1v) is 6.51. The largest absolute Gasteiger partial charge is 0.458 e. The zero-order valence-corrected chi connectivity index (χ0v) is 11.1. The van der Waals surface area contributed by atoms with E-state index in [0.29, 0.717) is 30.4 Å². The fourth-order valence-corrected chi connectivity index (χ4v) is 2.68. The Morgan fingerprint density at radius 1 is 1.37 bits per heavy atom. The van der Waals surface area contributed by atoms with E-state index in [1.54, 1.807) is 6.08 Å². The molecular weight excluding hydrogens is 244 g/mol. The fraction of sp³-hybridized carbons (Fsp3) is 0.533. The summed E-state index contributed by atoms with van der Waals surface area (Å²) in [6.07, 6.45) is 1.47. The van der Waals surface area contributed by atoms with Gasteiger partial charge in [0.25, 0.3) is 0 Å². The summed E-state index contributed by atoms with van der Waals surface area (Å²) in [5.74, 6) is -0.925. The summed E-state index contributed by atoms with van der Waals surface area (Å²) < 4.78 is 5.23. The third kappa shape index (κ3) is 2.80. The lowest BCUT2D eigenvalue weighted by Gasteiger charge is -2.25. The van der Waals surface area contributed by atoms with Crippen LogP contribution in [0, 0.1) is 5.92 Å². The van der Waals surface area contributed by atoms with Crippen LogP contribution in [-0.2, 0) is 9.53 Å². The predicted molar refractivity (Wildman–Crippen MR) is 71.3 cm³/mol. The lowest BCUT2D eigenvalue weighted by Crippen LogP contribution is -2.30. The Hall–Kier alpha value is -1.39. The number of rotatable bonds is 0. The van der Waals surface area contributed by atoms with Crippen molar-refractivity contribution in [2.75, 3.05) is 0 Å². The Balaban J connectivity index is 2.33. The van der Waals surface area contributed by atoms with Gasteiger partial charge in [0.05, 0.1) is 18.1 Å². The van der Waals surface area contributed by atoms with Gasteiger partial charge in [0.2, 0.25) is 0 Å². The molecule has 0 amide bonds. The number of aliphatic hydroxyl groups is 2. The monoisotopic (exact) mass is 264 g/mol. The number of hydrogen-bond acceptors (Lipinski definition) is 4. The van der Waals surface area contributed by atoms with Gasteiger partial charge >= 0.3 is 5.97 Å². The molecule has 0 bridgehead atoms. The van der Waals surface area contributed by atoms with Crippen LogP contribution in [0.2, 0.25) is 0 Å². The number of carbonyl (C=O) groups is 1. The molecule has 1 saturated heterocycles. The zero-order valence-electron chi connectivity index (χ0n) is 11.1. The molecule has 4 heteroatoms. The van der Waals surface area contributed by atoms with E-state index < -0.39 is 30.2 Å². The molecule has 2 rings (SSSR count). The quantitative estimate of drug-likeness (QED) is 0.395. The molecule has 1 aliphatic carbocycles. The van der Waals surface area contributed by atoms with Gasteiger partial charge in [-0.3, -0.25) is 0 Å². The van der Waals surface area contributed by atoms with E-state index in [9.17, 15) is 15.0 Å². The van der Waals surface area contributed by atoms with Gasteiger partial charge in [-0.25, -0.2) is 4.79 Å². The maximum absolute atomic E-state index is 11.6. The maximum Gasteiger partial charge on any atom is 0.334 e. The van der Waals surface area contributed by atoms with Gasteiger partial charge in [0.15, 0.2) is 0 Å². The van der Waals surface area contributed by atoms with E-state index in [-0.39, 0.29) is 0 Å². The molecule has 0 saturated carbocycles. The van der Waals surface area contributed by atoms with E-state index >= 15 is 0 Å². The number of aliphatic hydroxyl groups excluding tert-OH is 2. The topological polar surface area (TPSA) is 66.8 Å². The van der Waals surface area contributed by atoms with Crippen molar-refractivity contribution in [1.29, 1.82) is 0 Å². The number of ether oxygens (including phenoxy) is 1. The van der Waals surface area contributed by atoms with Crippen molar-refractivity contribution in [2.45, 2.75) is 44.5 Å². The summed E-state index contributed by atoms with van der Waals surface area (Å²) in [6.45, 7) is 9.47. The molecular formula is C15H20O4. The van der Waals surface area contributed by atoms with Crippen molar-refractivity contribution < 1.29 is 19.7 Å². The highest BCUT2D eigenvalue weighted by atomic mass is 16.6. The number of carbonyl (C=O) groups excluding carboxylic acids is 1. The number of allylic oxidation sites excluding steroid dienone is 1. The van der Waals surface area contributed by atoms with Crippen LogP contribution >= 0.6 is 0 Å². The van der Waals surface area contributed by atoms with Gasteiger partial charge in [-0.05, 0) is 25.3 Å². The molecule has 1 aliphatic heterocycles. The summed E-state index contributed by atoms with van der Waals surface area (Å²) >= 11 is 0. The molecule has 1 heterocycles. The molecule has 0 aromatic rings. The molecule has 0 aromatic carbocycles. The Morgan fingerprint density at radius 3 is 2.74 bits per heavy atom. The first-order valence-electron chi connectivity index (χ1n) is 6.51. The van der Waals surface area contributed by atoms with Gasteiger partial charge in [0.1, 0.15) is 6.10 Å². The highest BCUT2D eigenvalue weighted by Gasteiger charge is 2.42. The lowest BCUT2D eigenvalue weighted by molar-refractivity contribution is -0.139. The minimum atomic E-state index is -0.785. The summed E-state index contributed by atoms with van der Waals surface area (Å²) in [4.78, 5) is 11.6. The van der Waals surface area contributed by atoms with Gasteiger partial charge in [0, 0.05) is 12.0 Å². The minimum Gasteiger partial charge on any atom is -0.458 e. The number of fused-ring (bicyclic) bond motifs is 1. The first kappa shape index (κ1) is 14.0. The van der Waals surface area contributed by atoms with Crippen LogP contribution in [-0.4, -0.2) is 34.5 Å². The molecule has 0 radical (unpaired) electrons. The summed E-state index contributed by atoms with van der Waals surface area (Å²) in [5, 5.41) is 20.2. The molecule has 0 spiro atoms. The van der Waals surface area contributed by atoms with Crippen LogP contribution < -0.4 is 0 Å². The maximum atomic E-state index is 11.6. The molecule has 2 aliphatic rings. The van der Waals surface area contributed by atoms with Crippen molar-refractivity contribution in [3.63, 3.8) is 0 Å². The van der Waals surface area contributed by atoms with Crippen molar-refractivity contribution in [2.24, 2.45) is 5.92 Å². The van der Waals surface area contributed by atoms with Crippen molar-refractivity contribution in [3.05, 3.63) is 36.0 Å². The Bertz CT molecular complexity index is 449. The second kappa shape index (κ2) is 5.31. The molecule has 2 N–H and O–H groups in total. The van der Waals surface area contributed by atoms with Crippen LogP contribution in [0.5, 0.6) is 0 Å². The first-order chi connectivity index (χ1) is 8.90. The number of esters is 1. The molecule has 4 atom stereocenters. The Morgan fingerprint density at radius 2 is 2.05 bits per heavy atom. The van der Waals surface area contributed by atoms with E-state index in [4.69, 9.17) is 4.74 Å². The molecule has 1 fully saturated rings. The van der Waals surface area contributed by atoms with Crippen LogP contribution in [0.1, 0.15) is 26.2 Å². The van der Waals surface area contributed by atoms with Crippen LogP contribution in [0.3, 0.4) is 0 Å². The summed E-state index contributed by atoms with van der Waals surface area (Å²) in [7, 11) is 0. The molecule has 1 unspecified atom stereocenters. The third-order valence-corrected chi connectivity index (χ3v) is 3.89. The summed E-state index contributed by atoms with van der Waals surface area (Å²) in [5.41, 5.74) is 1.91. The number of hydrogen-bond donors (Lipinski definition) is 2. The average molecular weight is 264 g/mol. The van der Waals surface area contributed by atoms with Crippen LogP contribution in [0.15, 0.2) is 36.0 Å². The van der Waals surface area contributed by atoms with Crippen molar-refractivity contribution >= 4 is 5.97 Å². The fourth-order valence-electron chi connectivity index (χ4n) is 2.68. The van der Waals surface area contributed by atoms with Crippen LogP contribution in [0.4, 0.5) is 0 Å². The smallest absolute Gasteiger partial charge is 0.334 e. The van der Waals surface area contributed by atoms with Crippen molar-refractivity contribution in [3.8, 4) is 0 Å². The minimum absolute atomic E-state index is 0.296. The van der Waals surface area contributed by atoms with Crippen molar-refractivity contribution in [1.82, 2.24) is 0 Å². The second-order valence-corrected chi connectivity index (χ2v) is 5.42. The van der Waals surface area contributed by atoms with Gasteiger partial charge in [-0.1, -0.05) is 24.8 Å². The third-order valence-electron chi connectivity index (χ3n) is 3.89. The highest BCUT2D eigenvalue weighted by Crippen LogP contribution is 2.35. The highest BCUT2D eigenvalue weighted by molar-refractivity contribution is 5.91. The van der Waals surface area contributed by atoms with Gasteiger partial charge in [-0.2, -0.15) is 0 Å². The summed E-state index contributed by atoms with van der Waals surface area (Å²) in [6, 6.07) is 0. The SMILES string of the molecule is C=C1C(=O)O[C@H]2CC(=C)[C@@H](O)CC/C(C)=C\[C@@H](O)C12. The zero-order chi connectivity index (χ0) is 14.2. The van der Waals surface area contributed by atoms with Gasteiger partial charge in [-0.15, -0.1) is 0 Å². The Labute approximate surface area is 113 Å². The molecule has 4 nitrogen and oxygen atoms in total. The van der Waals surface area contributed by atoms with Gasteiger partial charge < -0.3 is 14.9 Å². The molecule has 19 heavy (non-hydrogen) atoms. The average Bonchev–Trinajstić information content (AvgIpc) is 2.60. The van der Waals surface area contributed by atoms with E-state index in [0.717, 1.165) is 5.57 Å².